The first-order chi connectivity index (χ1) is 13.7. The summed E-state index contributed by atoms with van der Waals surface area (Å²) in [5.74, 6) is 0.691. The van der Waals surface area contributed by atoms with Crippen LogP contribution in [-0.4, -0.2) is 38.3 Å². The first kappa shape index (κ1) is 21.1. The monoisotopic (exact) mass is 416 g/mol. The van der Waals surface area contributed by atoms with Gasteiger partial charge in [0, 0.05) is 11.4 Å². The van der Waals surface area contributed by atoms with Crippen molar-refractivity contribution < 1.29 is 14.7 Å². The van der Waals surface area contributed by atoms with E-state index in [1.807, 2.05) is 32.9 Å². The number of benzene rings is 1. The van der Waals surface area contributed by atoms with Gasteiger partial charge in [-0.05, 0) is 56.2 Å². The van der Waals surface area contributed by atoms with Gasteiger partial charge in [-0.25, -0.2) is 9.67 Å². The number of nitrogens with zero attached hydrogens (tertiary/aromatic N) is 4. The van der Waals surface area contributed by atoms with E-state index in [9.17, 15) is 5.11 Å². The van der Waals surface area contributed by atoms with E-state index in [0.29, 0.717) is 22.8 Å². The van der Waals surface area contributed by atoms with E-state index < -0.39 is 11.2 Å². The van der Waals surface area contributed by atoms with Crippen LogP contribution in [0.25, 0.3) is 0 Å². The van der Waals surface area contributed by atoms with E-state index in [2.05, 4.69) is 15.2 Å². The van der Waals surface area contributed by atoms with Crippen LogP contribution in [0.2, 0.25) is 5.02 Å². The second-order valence-electron chi connectivity index (χ2n) is 7.49. The van der Waals surface area contributed by atoms with Gasteiger partial charge in [0.05, 0.1) is 12.3 Å². The highest BCUT2D eigenvalue weighted by atomic mass is 35.5. The fourth-order valence-electron chi connectivity index (χ4n) is 3.30. The van der Waals surface area contributed by atoms with Crippen LogP contribution in [0.3, 0.4) is 0 Å². The molecule has 29 heavy (non-hydrogen) atoms. The average molecular weight is 417 g/mol. The molecule has 0 aliphatic heterocycles. The molecule has 0 saturated carbocycles. The Labute approximate surface area is 175 Å². The fourth-order valence-corrected chi connectivity index (χ4v) is 3.42. The van der Waals surface area contributed by atoms with Gasteiger partial charge in [0.15, 0.2) is 0 Å². The molecule has 0 spiro atoms. The summed E-state index contributed by atoms with van der Waals surface area (Å²) in [5, 5.41) is 20.6. The number of aromatic nitrogens is 3. The first-order valence-electron chi connectivity index (χ1n) is 9.23. The van der Waals surface area contributed by atoms with Crippen LogP contribution in [0.4, 0.5) is 0 Å². The van der Waals surface area contributed by atoms with Crippen molar-refractivity contribution in [2.45, 2.75) is 44.9 Å². The Bertz CT molecular complexity index is 933. The van der Waals surface area contributed by atoms with Crippen LogP contribution < -0.4 is 0 Å². The standard InChI is InChI=1S/C21H25ClN4O3/c1-15-11-18(25-28-4)9-10-19(15)29-20(2,3)21(27,12-26-14-23-13-24-26)16-5-7-17(22)8-6-16/h5-10,13-14,27H,11-12H2,1-4H3. The van der Waals surface area contributed by atoms with Crippen molar-refractivity contribution in [2.24, 2.45) is 5.16 Å². The average Bonchev–Trinajstić information content (AvgIpc) is 3.17. The SMILES string of the molecule is CON=C1C=CC(OC(C)(C)C(O)(Cn2cncn2)c2ccc(Cl)cc2)=C(C)C1. The molecule has 1 atom stereocenters. The summed E-state index contributed by atoms with van der Waals surface area (Å²) in [6, 6.07) is 7.09. The molecule has 154 valence electrons. The Kier molecular flexibility index (Phi) is 6.10. The van der Waals surface area contributed by atoms with Crippen molar-refractivity contribution in [2.75, 3.05) is 7.11 Å². The minimum atomic E-state index is -1.41. The van der Waals surface area contributed by atoms with Crippen LogP contribution >= 0.6 is 11.6 Å². The molecule has 1 aliphatic rings. The summed E-state index contributed by atoms with van der Waals surface area (Å²) in [7, 11) is 1.52. The molecule has 0 saturated heterocycles. The topological polar surface area (TPSA) is 81.8 Å². The lowest BCUT2D eigenvalue weighted by molar-refractivity contribution is -0.158. The Morgan fingerprint density at radius 2 is 1.97 bits per heavy atom. The van der Waals surface area contributed by atoms with Crippen molar-refractivity contribution in [3.8, 4) is 0 Å². The van der Waals surface area contributed by atoms with E-state index in [1.165, 1.54) is 13.4 Å². The smallest absolute Gasteiger partial charge is 0.148 e. The molecule has 1 N–H and O–H groups in total. The Morgan fingerprint density at radius 1 is 1.24 bits per heavy atom. The normalized spacial score (nSPS) is 18.1. The largest absolute Gasteiger partial charge is 0.484 e. The van der Waals surface area contributed by atoms with Crippen LogP contribution in [0.1, 0.15) is 32.8 Å². The maximum atomic E-state index is 11.9. The summed E-state index contributed by atoms with van der Waals surface area (Å²) in [6.45, 7) is 5.84. The minimum absolute atomic E-state index is 0.161. The van der Waals surface area contributed by atoms with Gasteiger partial charge in [-0.1, -0.05) is 28.9 Å². The molecular weight excluding hydrogens is 392 g/mol. The lowest BCUT2D eigenvalue weighted by Crippen LogP contribution is -2.52. The molecule has 1 aliphatic carbocycles. The maximum Gasteiger partial charge on any atom is 0.148 e. The minimum Gasteiger partial charge on any atom is -0.484 e. The molecule has 2 aromatic rings. The van der Waals surface area contributed by atoms with E-state index in [1.54, 1.807) is 35.3 Å². The summed E-state index contributed by atoms with van der Waals surface area (Å²) < 4.78 is 7.95. The van der Waals surface area contributed by atoms with Crippen LogP contribution in [-0.2, 0) is 21.7 Å². The van der Waals surface area contributed by atoms with E-state index >= 15 is 0 Å². The molecule has 1 heterocycles. The quantitative estimate of drug-likeness (QED) is 0.693. The molecule has 1 aromatic heterocycles. The number of aliphatic hydroxyl groups is 1. The molecule has 0 radical (unpaired) electrons. The number of halogens is 1. The number of hydrogen-bond acceptors (Lipinski definition) is 6. The molecular formula is C21H25ClN4O3. The molecule has 3 rings (SSSR count). The van der Waals surface area contributed by atoms with E-state index in [-0.39, 0.29) is 6.54 Å². The maximum absolute atomic E-state index is 11.9. The molecule has 8 heteroatoms. The van der Waals surface area contributed by atoms with Gasteiger partial charge in [-0.15, -0.1) is 0 Å². The second kappa shape index (κ2) is 8.39. The predicted molar refractivity (Wildman–Crippen MR) is 111 cm³/mol. The molecule has 0 fully saturated rings. The predicted octanol–water partition coefficient (Wildman–Crippen LogP) is 3.85. The molecule has 0 bridgehead atoms. The van der Waals surface area contributed by atoms with Crippen molar-refractivity contribution in [1.82, 2.24) is 14.8 Å². The lowest BCUT2D eigenvalue weighted by atomic mass is 9.79. The Balaban J connectivity index is 1.96. The Morgan fingerprint density at radius 3 is 2.55 bits per heavy atom. The summed E-state index contributed by atoms with van der Waals surface area (Å²) in [6.07, 6.45) is 7.30. The van der Waals surface area contributed by atoms with Gasteiger partial charge in [0.25, 0.3) is 0 Å². The van der Waals surface area contributed by atoms with Gasteiger partial charge in [-0.2, -0.15) is 5.10 Å². The zero-order chi connectivity index (χ0) is 21.1. The lowest BCUT2D eigenvalue weighted by Gasteiger charge is -2.43. The number of oxime groups is 1. The molecule has 0 amide bonds. The zero-order valence-electron chi connectivity index (χ0n) is 17.0. The van der Waals surface area contributed by atoms with Crippen LogP contribution in [0, 0.1) is 0 Å². The molecule has 1 aromatic carbocycles. The first-order valence-corrected chi connectivity index (χ1v) is 9.60. The number of hydrogen-bond donors (Lipinski definition) is 1. The highest BCUT2D eigenvalue weighted by molar-refractivity contribution is 6.30. The van der Waals surface area contributed by atoms with E-state index in [0.717, 1.165) is 11.3 Å². The van der Waals surface area contributed by atoms with Gasteiger partial charge in [-0.3, -0.25) is 0 Å². The summed E-state index contributed by atoms with van der Waals surface area (Å²) in [4.78, 5) is 8.84. The number of allylic oxidation sites excluding steroid dienone is 3. The summed E-state index contributed by atoms with van der Waals surface area (Å²) >= 11 is 6.05. The van der Waals surface area contributed by atoms with Gasteiger partial charge >= 0.3 is 0 Å². The number of rotatable bonds is 7. The fraction of sp³-hybridized carbons (Fsp3) is 0.381. The Hall–Kier alpha value is -2.64. The molecule has 7 nitrogen and oxygen atoms in total. The van der Waals surface area contributed by atoms with Crippen molar-refractivity contribution in [3.63, 3.8) is 0 Å². The third-order valence-electron chi connectivity index (χ3n) is 5.04. The second-order valence-corrected chi connectivity index (χ2v) is 7.93. The van der Waals surface area contributed by atoms with Crippen molar-refractivity contribution in [1.29, 1.82) is 0 Å². The van der Waals surface area contributed by atoms with E-state index in [4.69, 9.17) is 21.2 Å². The van der Waals surface area contributed by atoms with Crippen LogP contribution in [0.5, 0.6) is 0 Å². The van der Waals surface area contributed by atoms with Gasteiger partial charge < -0.3 is 14.7 Å². The number of ether oxygens (including phenoxy) is 1. The highest BCUT2D eigenvalue weighted by Crippen LogP contribution is 2.40. The third kappa shape index (κ3) is 4.52. The van der Waals surface area contributed by atoms with Crippen molar-refractivity contribution >= 4 is 17.3 Å². The highest BCUT2D eigenvalue weighted by Gasteiger charge is 2.48. The van der Waals surface area contributed by atoms with Crippen LogP contribution in [0.15, 0.2) is 65.6 Å². The summed E-state index contributed by atoms with van der Waals surface area (Å²) in [5.41, 5.74) is 0.0556. The van der Waals surface area contributed by atoms with Gasteiger partial charge in [0.1, 0.15) is 36.7 Å². The van der Waals surface area contributed by atoms with Gasteiger partial charge in [0.2, 0.25) is 0 Å². The third-order valence-corrected chi connectivity index (χ3v) is 5.29. The van der Waals surface area contributed by atoms with Crippen molar-refractivity contribution in [3.05, 3.63) is 71.0 Å². The molecule has 1 unspecified atom stereocenters. The zero-order valence-corrected chi connectivity index (χ0v) is 17.7.